The summed E-state index contributed by atoms with van der Waals surface area (Å²) >= 11 is 0. The lowest BCUT2D eigenvalue weighted by atomic mass is 10.1. The summed E-state index contributed by atoms with van der Waals surface area (Å²) in [6.45, 7) is 0.0276. The van der Waals surface area contributed by atoms with Gasteiger partial charge in [0.25, 0.3) is 0 Å². The highest BCUT2D eigenvalue weighted by Crippen LogP contribution is 2.24. The van der Waals surface area contributed by atoms with Crippen LogP contribution in [-0.4, -0.2) is 18.2 Å². The standard InChI is InChI=1S/C16H13NO4/c1-20-13-5-6-14(15(18)8-13)16(19)21-10-12-4-2-3-11(7-12)9-17/h2-8,18H,10H2,1H3. The molecular weight excluding hydrogens is 270 g/mol. The van der Waals surface area contributed by atoms with Gasteiger partial charge in [-0.05, 0) is 29.8 Å². The topological polar surface area (TPSA) is 79.5 Å². The molecule has 0 amide bonds. The molecule has 0 saturated heterocycles. The van der Waals surface area contributed by atoms with Crippen molar-refractivity contribution in [1.29, 1.82) is 5.26 Å². The van der Waals surface area contributed by atoms with Gasteiger partial charge in [-0.15, -0.1) is 0 Å². The number of phenols is 1. The lowest BCUT2D eigenvalue weighted by molar-refractivity contribution is 0.0469. The molecule has 2 aromatic carbocycles. The number of nitrogens with zero attached hydrogens (tertiary/aromatic N) is 1. The molecule has 1 N–H and O–H groups in total. The van der Waals surface area contributed by atoms with Gasteiger partial charge in [0.1, 0.15) is 23.7 Å². The van der Waals surface area contributed by atoms with E-state index in [2.05, 4.69) is 0 Å². The van der Waals surface area contributed by atoms with Crippen LogP contribution >= 0.6 is 0 Å². The molecule has 21 heavy (non-hydrogen) atoms. The molecule has 0 aliphatic carbocycles. The molecule has 5 nitrogen and oxygen atoms in total. The van der Waals surface area contributed by atoms with E-state index in [9.17, 15) is 9.90 Å². The third kappa shape index (κ3) is 3.51. The van der Waals surface area contributed by atoms with Crippen molar-refractivity contribution < 1.29 is 19.4 Å². The Morgan fingerprint density at radius 2 is 2.10 bits per heavy atom. The molecule has 0 bridgehead atoms. The first-order valence-electron chi connectivity index (χ1n) is 6.17. The summed E-state index contributed by atoms with van der Waals surface area (Å²) in [6.07, 6.45) is 0. The molecule has 2 aromatic rings. The van der Waals surface area contributed by atoms with Crippen molar-refractivity contribution in [2.24, 2.45) is 0 Å². The number of carbonyl (C=O) groups excluding carboxylic acids is 1. The molecule has 0 aliphatic rings. The Morgan fingerprint density at radius 3 is 2.76 bits per heavy atom. The molecule has 2 rings (SSSR count). The maximum atomic E-state index is 11.9. The number of carbonyl (C=O) groups is 1. The Hall–Kier alpha value is -3.00. The predicted molar refractivity (Wildman–Crippen MR) is 74.9 cm³/mol. The summed E-state index contributed by atoms with van der Waals surface area (Å²) in [4.78, 5) is 11.9. The number of phenolic OH excluding ortho intramolecular Hbond substituents is 1. The first-order valence-corrected chi connectivity index (χ1v) is 6.17. The molecule has 0 spiro atoms. The van der Waals surface area contributed by atoms with Crippen molar-refractivity contribution in [1.82, 2.24) is 0 Å². The van der Waals surface area contributed by atoms with E-state index in [-0.39, 0.29) is 17.9 Å². The van der Waals surface area contributed by atoms with Gasteiger partial charge in [0.15, 0.2) is 0 Å². The van der Waals surface area contributed by atoms with E-state index < -0.39 is 5.97 Å². The fraction of sp³-hybridized carbons (Fsp3) is 0.125. The van der Waals surface area contributed by atoms with Gasteiger partial charge in [-0.25, -0.2) is 4.79 Å². The van der Waals surface area contributed by atoms with Crippen molar-refractivity contribution in [2.75, 3.05) is 7.11 Å². The lowest BCUT2D eigenvalue weighted by Crippen LogP contribution is -2.05. The second kappa shape index (κ2) is 6.44. The van der Waals surface area contributed by atoms with E-state index in [1.54, 1.807) is 30.3 Å². The van der Waals surface area contributed by atoms with E-state index in [0.29, 0.717) is 16.9 Å². The normalized spacial score (nSPS) is 9.71. The molecule has 0 fully saturated rings. The zero-order valence-electron chi connectivity index (χ0n) is 11.4. The van der Waals surface area contributed by atoms with E-state index in [4.69, 9.17) is 14.7 Å². The van der Waals surface area contributed by atoms with Gasteiger partial charge < -0.3 is 14.6 Å². The number of methoxy groups -OCH3 is 1. The van der Waals surface area contributed by atoms with Gasteiger partial charge in [0.2, 0.25) is 0 Å². The minimum absolute atomic E-state index is 0.0276. The Morgan fingerprint density at radius 1 is 1.29 bits per heavy atom. The molecule has 0 atom stereocenters. The van der Waals surface area contributed by atoms with Gasteiger partial charge in [-0.3, -0.25) is 0 Å². The maximum absolute atomic E-state index is 11.9. The molecule has 0 aromatic heterocycles. The zero-order chi connectivity index (χ0) is 15.2. The molecule has 106 valence electrons. The monoisotopic (exact) mass is 283 g/mol. The Kier molecular flexibility index (Phi) is 4.42. The third-order valence-electron chi connectivity index (χ3n) is 2.85. The number of ether oxygens (including phenoxy) is 2. The van der Waals surface area contributed by atoms with Crippen LogP contribution in [0.3, 0.4) is 0 Å². The number of rotatable bonds is 4. The summed E-state index contributed by atoms with van der Waals surface area (Å²) in [5, 5.41) is 18.5. The second-order valence-corrected chi connectivity index (χ2v) is 4.27. The van der Waals surface area contributed by atoms with Crippen LogP contribution in [0.4, 0.5) is 0 Å². The molecule has 5 heteroatoms. The van der Waals surface area contributed by atoms with E-state index >= 15 is 0 Å². The number of benzene rings is 2. The SMILES string of the molecule is COc1ccc(C(=O)OCc2cccc(C#N)c2)c(O)c1. The van der Waals surface area contributed by atoms with Crippen LogP contribution in [0, 0.1) is 11.3 Å². The minimum Gasteiger partial charge on any atom is -0.507 e. The largest absolute Gasteiger partial charge is 0.507 e. The van der Waals surface area contributed by atoms with E-state index in [1.165, 1.54) is 19.2 Å². The quantitative estimate of drug-likeness (QED) is 0.872. The number of hydrogen-bond acceptors (Lipinski definition) is 5. The smallest absolute Gasteiger partial charge is 0.342 e. The zero-order valence-corrected chi connectivity index (χ0v) is 11.4. The van der Waals surface area contributed by atoms with E-state index in [0.717, 1.165) is 0 Å². The number of esters is 1. The fourth-order valence-corrected chi connectivity index (χ4v) is 1.77. The predicted octanol–water partition coefficient (Wildman–Crippen LogP) is 2.63. The van der Waals surface area contributed by atoms with Crippen molar-refractivity contribution in [3.63, 3.8) is 0 Å². The van der Waals surface area contributed by atoms with Crippen molar-refractivity contribution in [3.8, 4) is 17.6 Å². The van der Waals surface area contributed by atoms with Gasteiger partial charge >= 0.3 is 5.97 Å². The van der Waals surface area contributed by atoms with Gasteiger partial charge in [0.05, 0.1) is 18.7 Å². The van der Waals surface area contributed by atoms with Crippen molar-refractivity contribution >= 4 is 5.97 Å². The van der Waals surface area contributed by atoms with Crippen LogP contribution in [0.5, 0.6) is 11.5 Å². The van der Waals surface area contributed by atoms with Gasteiger partial charge in [0, 0.05) is 6.07 Å². The van der Waals surface area contributed by atoms with Crippen molar-refractivity contribution in [3.05, 3.63) is 59.2 Å². The molecule has 0 heterocycles. The Labute approximate surface area is 122 Å². The van der Waals surface area contributed by atoms with Gasteiger partial charge in [-0.2, -0.15) is 5.26 Å². The first kappa shape index (κ1) is 14.4. The molecule has 0 unspecified atom stereocenters. The average Bonchev–Trinajstić information content (AvgIpc) is 2.52. The van der Waals surface area contributed by atoms with Crippen molar-refractivity contribution in [2.45, 2.75) is 6.61 Å². The third-order valence-corrected chi connectivity index (χ3v) is 2.85. The maximum Gasteiger partial charge on any atom is 0.342 e. The number of hydrogen-bond donors (Lipinski definition) is 1. The first-order chi connectivity index (χ1) is 10.1. The van der Waals surface area contributed by atoms with Crippen LogP contribution in [0.2, 0.25) is 0 Å². The van der Waals surface area contributed by atoms with Crippen LogP contribution in [0.25, 0.3) is 0 Å². The number of nitriles is 1. The summed E-state index contributed by atoms with van der Waals surface area (Å²) < 4.78 is 10.1. The average molecular weight is 283 g/mol. The highest BCUT2D eigenvalue weighted by molar-refractivity contribution is 5.92. The van der Waals surface area contributed by atoms with Crippen LogP contribution < -0.4 is 4.74 Å². The highest BCUT2D eigenvalue weighted by Gasteiger charge is 2.13. The number of aromatic hydroxyl groups is 1. The van der Waals surface area contributed by atoms with Crippen LogP contribution in [-0.2, 0) is 11.3 Å². The molecule has 0 radical (unpaired) electrons. The molecular formula is C16H13NO4. The summed E-state index contributed by atoms with van der Waals surface area (Å²) in [5.41, 5.74) is 1.26. The Bertz CT molecular complexity index is 704. The Balaban J connectivity index is 2.06. The highest BCUT2D eigenvalue weighted by atomic mass is 16.5. The minimum atomic E-state index is -0.641. The fourth-order valence-electron chi connectivity index (χ4n) is 1.77. The second-order valence-electron chi connectivity index (χ2n) is 4.27. The molecule has 0 aliphatic heterocycles. The van der Waals surface area contributed by atoms with E-state index in [1.807, 2.05) is 6.07 Å². The van der Waals surface area contributed by atoms with Crippen LogP contribution in [0.15, 0.2) is 42.5 Å². The van der Waals surface area contributed by atoms with Gasteiger partial charge in [-0.1, -0.05) is 12.1 Å². The lowest BCUT2D eigenvalue weighted by Gasteiger charge is -2.08. The summed E-state index contributed by atoms with van der Waals surface area (Å²) in [5.74, 6) is -0.395. The molecule has 0 saturated carbocycles. The van der Waals surface area contributed by atoms with Crippen LogP contribution in [0.1, 0.15) is 21.5 Å². The summed E-state index contributed by atoms with van der Waals surface area (Å²) in [7, 11) is 1.47. The summed E-state index contributed by atoms with van der Waals surface area (Å²) in [6, 6.07) is 13.1.